The second kappa shape index (κ2) is 5.94. The zero-order valence-corrected chi connectivity index (χ0v) is 11.2. The van der Waals surface area contributed by atoms with Crippen LogP contribution in [-0.4, -0.2) is 33.9 Å². The first kappa shape index (κ1) is 13.0. The first-order valence-corrected chi connectivity index (χ1v) is 6.70. The van der Waals surface area contributed by atoms with Gasteiger partial charge in [0.15, 0.2) is 0 Å². The molecule has 1 aliphatic heterocycles. The van der Waals surface area contributed by atoms with Gasteiger partial charge in [0, 0.05) is 37.6 Å². The maximum Gasteiger partial charge on any atom is 0.225 e. The van der Waals surface area contributed by atoms with E-state index in [2.05, 4.69) is 9.97 Å². The van der Waals surface area contributed by atoms with Crippen LogP contribution >= 0.6 is 0 Å². The quantitative estimate of drug-likeness (QED) is 0.819. The van der Waals surface area contributed by atoms with Gasteiger partial charge in [-0.2, -0.15) is 0 Å². The van der Waals surface area contributed by atoms with Crippen LogP contribution in [0.5, 0.6) is 0 Å². The normalized spacial score (nSPS) is 20.2. The maximum atomic E-state index is 12.0. The van der Waals surface area contributed by atoms with Crippen molar-refractivity contribution in [3.05, 3.63) is 24.3 Å². The summed E-state index contributed by atoms with van der Waals surface area (Å²) in [5.41, 5.74) is 1.03. The number of rotatable bonds is 3. The molecule has 0 spiro atoms. The van der Waals surface area contributed by atoms with E-state index in [1.165, 1.54) is 6.42 Å². The van der Waals surface area contributed by atoms with E-state index in [0.717, 1.165) is 31.6 Å². The molecule has 0 unspecified atom stereocenters. The Morgan fingerprint density at radius 3 is 3.00 bits per heavy atom. The second-order valence-electron chi connectivity index (χ2n) is 5.35. The first-order chi connectivity index (χ1) is 8.66. The van der Waals surface area contributed by atoms with Crippen LogP contribution in [0.4, 0.5) is 0 Å². The Balaban J connectivity index is 1.93. The van der Waals surface area contributed by atoms with Crippen molar-refractivity contribution >= 4 is 5.91 Å². The molecule has 2 rings (SSSR count). The summed E-state index contributed by atoms with van der Waals surface area (Å²) in [4.78, 5) is 22.4. The molecule has 0 aliphatic carbocycles. The van der Waals surface area contributed by atoms with Crippen molar-refractivity contribution in [3.63, 3.8) is 0 Å². The zero-order chi connectivity index (χ0) is 13.0. The number of hydrogen-bond donors (Lipinski definition) is 0. The van der Waals surface area contributed by atoms with E-state index in [4.69, 9.17) is 0 Å². The molecule has 0 radical (unpaired) electrons. The highest BCUT2D eigenvalue weighted by atomic mass is 16.2. The Bertz CT molecular complexity index is 391. The molecule has 0 aromatic carbocycles. The summed E-state index contributed by atoms with van der Waals surface area (Å²) in [5, 5.41) is 0. The van der Waals surface area contributed by atoms with Crippen molar-refractivity contribution < 1.29 is 4.79 Å². The number of likely N-dealkylation sites (tertiary alicyclic amines) is 1. The summed E-state index contributed by atoms with van der Waals surface area (Å²) in [6, 6.07) is 0. The van der Waals surface area contributed by atoms with Gasteiger partial charge in [0.25, 0.3) is 0 Å². The van der Waals surface area contributed by atoms with Crippen molar-refractivity contribution in [3.8, 4) is 0 Å². The highest BCUT2D eigenvalue weighted by molar-refractivity contribution is 5.78. The van der Waals surface area contributed by atoms with Gasteiger partial charge in [-0.05, 0) is 25.2 Å². The second-order valence-corrected chi connectivity index (χ2v) is 5.35. The van der Waals surface area contributed by atoms with E-state index in [1.54, 1.807) is 12.4 Å². The van der Waals surface area contributed by atoms with Crippen LogP contribution in [0, 0.1) is 11.8 Å². The smallest absolute Gasteiger partial charge is 0.225 e. The summed E-state index contributed by atoms with van der Waals surface area (Å²) in [6.45, 7) is 5.71. The van der Waals surface area contributed by atoms with Crippen LogP contribution in [0.1, 0.15) is 32.4 Å². The van der Waals surface area contributed by atoms with Gasteiger partial charge in [-0.3, -0.25) is 14.8 Å². The molecule has 98 valence electrons. The van der Waals surface area contributed by atoms with Crippen molar-refractivity contribution in [2.75, 3.05) is 13.1 Å². The predicted octanol–water partition coefficient (Wildman–Crippen LogP) is 1.91. The number of nitrogens with zero attached hydrogens (tertiary/aromatic N) is 3. The van der Waals surface area contributed by atoms with Gasteiger partial charge in [0.1, 0.15) is 0 Å². The average molecular weight is 247 g/mol. The molecule has 1 saturated heterocycles. The fraction of sp³-hybridized carbons (Fsp3) is 0.643. The minimum Gasteiger partial charge on any atom is -0.342 e. The largest absolute Gasteiger partial charge is 0.342 e. The van der Waals surface area contributed by atoms with Crippen LogP contribution in [0.15, 0.2) is 18.6 Å². The summed E-state index contributed by atoms with van der Waals surface area (Å²) in [6.07, 6.45) is 8.45. The van der Waals surface area contributed by atoms with Crippen LogP contribution in [0.25, 0.3) is 0 Å². The monoisotopic (exact) mass is 247 g/mol. The summed E-state index contributed by atoms with van der Waals surface area (Å²) in [5.74, 6) is 0.900. The number of carbonyl (C=O) groups excluding carboxylic acids is 1. The van der Waals surface area contributed by atoms with Gasteiger partial charge in [-0.15, -0.1) is 0 Å². The van der Waals surface area contributed by atoms with E-state index < -0.39 is 0 Å². The van der Waals surface area contributed by atoms with E-state index in [1.807, 2.05) is 24.9 Å². The minimum absolute atomic E-state index is 0.0975. The van der Waals surface area contributed by atoms with Gasteiger partial charge >= 0.3 is 0 Å². The van der Waals surface area contributed by atoms with Crippen LogP contribution in [0.2, 0.25) is 0 Å². The van der Waals surface area contributed by atoms with Gasteiger partial charge in [-0.1, -0.05) is 13.8 Å². The molecule has 1 fully saturated rings. The average Bonchev–Trinajstić information content (AvgIpc) is 2.39. The fourth-order valence-electron chi connectivity index (χ4n) is 2.53. The van der Waals surface area contributed by atoms with Gasteiger partial charge in [0.2, 0.25) is 5.91 Å². The molecule has 0 N–H and O–H groups in total. The Morgan fingerprint density at radius 1 is 1.50 bits per heavy atom. The number of hydrogen-bond acceptors (Lipinski definition) is 3. The molecule has 4 heteroatoms. The molecular formula is C14H21N3O. The van der Waals surface area contributed by atoms with Crippen LogP contribution < -0.4 is 0 Å². The maximum absolute atomic E-state index is 12.0. The zero-order valence-electron chi connectivity index (χ0n) is 11.2. The van der Waals surface area contributed by atoms with E-state index in [0.29, 0.717) is 5.92 Å². The molecule has 1 atom stereocenters. The lowest BCUT2D eigenvalue weighted by molar-refractivity contribution is -0.136. The Labute approximate surface area is 108 Å². The molecule has 0 bridgehead atoms. The third-order valence-corrected chi connectivity index (χ3v) is 3.44. The topological polar surface area (TPSA) is 46.1 Å². The van der Waals surface area contributed by atoms with Crippen molar-refractivity contribution in [2.45, 2.75) is 33.1 Å². The predicted molar refractivity (Wildman–Crippen MR) is 69.9 cm³/mol. The summed E-state index contributed by atoms with van der Waals surface area (Å²) >= 11 is 0. The molecule has 18 heavy (non-hydrogen) atoms. The molecule has 1 amide bonds. The number of aromatic nitrogens is 2. The highest BCUT2D eigenvalue weighted by Gasteiger charge is 2.25. The van der Waals surface area contributed by atoms with E-state index in [9.17, 15) is 4.79 Å². The van der Waals surface area contributed by atoms with E-state index >= 15 is 0 Å². The Morgan fingerprint density at radius 2 is 2.33 bits per heavy atom. The third-order valence-electron chi connectivity index (χ3n) is 3.44. The van der Waals surface area contributed by atoms with Crippen molar-refractivity contribution in [2.24, 2.45) is 11.8 Å². The first-order valence-electron chi connectivity index (χ1n) is 6.70. The Hall–Kier alpha value is -1.45. The molecule has 1 aromatic rings. The van der Waals surface area contributed by atoms with Crippen molar-refractivity contribution in [1.29, 1.82) is 0 Å². The standard InChI is InChI=1S/C14H21N3O/c1-11(2)14(18)17-7-3-4-12(10-17)8-13-9-15-5-6-16-13/h5-6,9,11-12H,3-4,7-8,10H2,1-2H3/t12-/m0/s1. The fourth-order valence-corrected chi connectivity index (χ4v) is 2.53. The lowest BCUT2D eigenvalue weighted by Crippen LogP contribution is -2.42. The van der Waals surface area contributed by atoms with E-state index in [-0.39, 0.29) is 11.8 Å². The Kier molecular flexibility index (Phi) is 4.28. The molecule has 1 aliphatic rings. The third kappa shape index (κ3) is 3.28. The van der Waals surface area contributed by atoms with Gasteiger partial charge in [0.05, 0.1) is 5.69 Å². The molecule has 0 saturated carbocycles. The number of carbonyl (C=O) groups is 1. The van der Waals surface area contributed by atoms with Crippen LogP contribution in [-0.2, 0) is 11.2 Å². The molecule has 1 aromatic heterocycles. The lowest BCUT2D eigenvalue weighted by atomic mass is 9.93. The van der Waals surface area contributed by atoms with Crippen molar-refractivity contribution in [1.82, 2.24) is 14.9 Å². The summed E-state index contributed by atoms with van der Waals surface area (Å²) in [7, 11) is 0. The minimum atomic E-state index is 0.0975. The lowest BCUT2D eigenvalue weighted by Gasteiger charge is -2.33. The van der Waals surface area contributed by atoms with Gasteiger partial charge < -0.3 is 4.90 Å². The highest BCUT2D eigenvalue weighted by Crippen LogP contribution is 2.21. The SMILES string of the molecule is CC(C)C(=O)N1CCC[C@@H](Cc2cnccn2)C1. The number of amides is 1. The summed E-state index contributed by atoms with van der Waals surface area (Å²) < 4.78 is 0. The van der Waals surface area contributed by atoms with Gasteiger partial charge in [-0.25, -0.2) is 0 Å². The van der Waals surface area contributed by atoms with Crippen LogP contribution in [0.3, 0.4) is 0 Å². The number of piperidine rings is 1. The molecule has 2 heterocycles. The molecular weight excluding hydrogens is 226 g/mol. The molecule has 4 nitrogen and oxygen atoms in total.